The number of amides is 2. The largest absolute Gasteiger partial charge is 0.454 e. The van der Waals surface area contributed by atoms with E-state index in [1.165, 1.54) is 0 Å². The Morgan fingerprint density at radius 3 is 2.64 bits per heavy atom. The molecule has 0 aromatic heterocycles. The van der Waals surface area contributed by atoms with Gasteiger partial charge in [0.15, 0.2) is 24.6 Å². The van der Waals surface area contributed by atoms with Crippen LogP contribution in [0.1, 0.15) is 5.56 Å². The van der Waals surface area contributed by atoms with Gasteiger partial charge < -0.3 is 25.0 Å². The molecule has 0 fully saturated rings. The summed E-state index contributed by atoms with van der Waals surface area (Å²) in [6.07, 6.45) is 1.97. The molecular formula is C20H24N3O4S+. The lowest BCUT2D eigenvalue weighted by molar-refractivity contribution is -0.862. The number of thioether (sulfide) groups is 1. The van der Waals surface area contributed by atoms with Crippen molar-refractivity contribution in [1.29, 1.82) is 0 Å². The van der Waals surface area contributed by atoms with Crippen LogP contribution in [0.5, 0.6) is 11.5 Å². The number of quaternary nitrogens is 1. The topological polar surface area (TPSA) is 81.1 Å². The second-order valence-corrected chi connectivity index (χ2v) is 7.37. The van der Waals surface area contributed by atoms with Gasteiger partial charge in [0, 0.05) is 11.4 Å². The first-order valence-corrected chi connectivity index (χ1v) is 10.2. The van der Waals surface area contributed by atoms with E-state index in [-0.39, 0.29) is 31.7 Å². The predicted molar refractivity (Wildman–Crippen MR) is 108 cm³/mol. The van der Waals surface area contributed by atoms with Crippen molar-refractivity contribution in [2.24, 2.45) is 0 Å². The third-order valence-corrected chi connectivity index (χ3v) is 5.03. The Morgan fingerprint density at radius 2 is 1.82 bits per heavy atom. The van der Waals surface area contributed by atoms with Gasteiger partial charge in [0.05, 0.1) is 12.7 Å². The average molecular weight is 402 g/mol. The number of hydrogen-bond acceptors (Lipinski definition) is 5. The number of likely N-dealkylation sites (N-methyl/N-ethyl adjacent to an activating group) is 1. The Morgan fingerprint density at radius 1 is 1.07 bits per heavy atom. The van der Waals surface area contributed by atoms with Gasteiger partial charge in [0.2, 0.25) is 6.79 Å². The smallest absolute Gasteiger partial charge is 0.279 e. The summed E-state index contributed by atoms with van der Waals surface area (Å²) >= 11 is 1.58. The fourth-order valence-electron chi connectivity index (χ4n) is 2.87. The summed E-state index contributed by atoms with van der Waals surface area (Å²) in [7, 11) is 1.82. The highest BCUT2D eigenvalue weighted by atomic mass is 32.2. The van der Waals surface area contributed by atoms with Crippen LogP contribution in [0.2, 0.25) is 0 Å². The highest BCUT2D eigenvalue weighted by Gasteiger charge is 2.16. The summed E-state index contributed by atoms with van der Waals surface area (Å²) in [6, 6.07) is 13.2. The molecule has 148 valence electrons. The Labute approximate surface area is 168 Å². The number of benzene rings is 2. The summed E-state index contributed by atoms with van der Waals surface area (Å²) in [5.41, 5.74) is 1.72. The quantitative estimate of drug-likeness (QED) is 0.572. The second kappa shape index (κ2) is 9.48. The van der Waals surface area contributed by atoms with Crippen molar-refractivity contribution in [1.82, 2.24) is 5.32 Å². The molecule has 1 aliphatic rings. The molecule has 1 atom stereocenters. The van der Waals surface area contributed by atoms with Crippen LogP contribution in [0, 0.1) is 0 Å². The Balaban J connectivity index is 1.43. The Hall–Kier alpha value is -2.71. The number of nitrogens with one attached hydrogen (secondary N) is 3. The van der Waals surface area contributed by atoms with Gasteiger partial charge in [-0.3, -0.25) is 9.59 Å². The number of anilines is 1. The highest BCUT2D eigenvalue weighted by molar-refractivity contribution is 7.98. The third kappa shape index (κ3) is 5.40. The van der Waals surface area contributed by atoms with Gasteiger partial charge in [0.1, 0.15) is 0 Å². The molecular weight excluding hydrogens is 378 g/mol. The molecule has 1 aliphatic heterocycles. The fourth-order valence-corrected chi connectivity index (χ4v) is 3.42. The molecule has 3 N–H and O–H groups in total. The molecule has 0 aliphatic carbocycles. The molecule has 0 spiro atoms. The van der Waals surface area contributed by atoms with Crippen molar-refractivity contribution in [3.8, 4) is 11.5 Å². The van der Waals surface area contributed by atoms with Crippen molar-refractivity contribution < 1.29 is 24.0 Å². The van der Waals surface area contributed by atoms with Crippen LogP contribution in [0.15, 0.2) is 47.4 Å². The number of fused-ring (bicyclic) bond motifs is 1. The van der Waals surface area contributed by atoms with E-state index in [1.807, 2.05) is 55.8 Å². The van der Waals surface area contributed by atoms with Crippen molar-refractivity contribution in [3.05, 3.63) is 48.0 Å². The van der Waals surface area contributed by atoms with Gasteiger partial charge in [-0.15, -0.1) is 11.8 Å². The molecule has 7 nitrogen and oxygen atoms in total. The zero-order chi connectivity index (χ0) is 19.9. The van der Waals surface area contributed by atoms with Gasteiger partial charge in [-0.25, -0.2) is 0 Å². The maximum atomic E-state index is 12.3. The summed E-state index contributed by atoms with van der Waals surface area (Å²) < 4.78 is 10.6. The molecule has 1 heterocycles. The van der Waals surface area contributed by atoms with Crippen LogP contribution < -0.4 is 25.0 Å². The van der Waals surface area contributed by atoms with Gasteiger partial charge >= 0.3 is 0 Å². The van der Waals surface area contributed by atoms with Crippen LogP contribution in [0.25, 0.3) is 0 Å². The maximum Gasteiger partial charge on any atom is 0.279 e. The van der Waals surface area contributed by atoms with Crippen LogP contribution in [-0.4, -0.2) is 45.0 Å². The molecule has 0 saturated carbocycles. The lowest BCUT2D eigenvalue weighted by Gasteiger charge is -2.15. The maximum absolute atomic E-state index is 12.3. The highest BCUT2D eigenvalue weighted by Crippen LogP contribution is 2.32. The van der Waals surface area contributed by atoms with Crippen LogP contribution >= 0.6 is 11.8 Å². The first kappa shape index (κ1) is 20.0. The van der Waals surface area contributed by atoms with Crippen molar-refractivity contribution in [2.75, 3.05) is 38.5 Å². The van der Waals surface area contributed by atoms with E-state index < -0.39 is 0 Å². The number of rotatable bonds is 8. The number of hydrogen-bond donors (Lipinski definition) is 3. The lowest BCUT2D eigenvalue weighted by atomic mass is 10.2. The van der Waals surface area contributed by atoms with E-state index in [0.29, 0.717) is 18.0 Å². The molecule has 2 amide bonds. The SMILES string of the molecule is CSc1ccccc1NC(=O)C[NH+](C)CC(=O)NCc1ccc2c(c1)OCO2. The molecule has 0 radical (unpaired) electrons. The molecule has 2 aromatic carbocycles. The van der Waals surface area contributed by atoms with Gasteiger partial charge in [0.25, 0.3) is 11.8 Å². The zero-order valence-corrected chi connectivity index (χ0v) is 16.7. The summed E-state index contributed by atoms with van der Waals surface area (Å²) in [5, 5.41) is 5.78. The van der Waals surface area contributed by atoms with E-state index in [2.05, 4.69) is 10.6 Å². The molecule has 0 saturated heterocycles. The van der Waals surface area contributed by atoms with Crippen molar-refractivity contribution >= 4 is 29.3 Å². The van der Waals surface area contributed by atoms with Crippen LogP contribution in [0.4, 0.5) is 5.69 Å². The molecule has 2 aromatic rings. The van der Waals surface area contributed by atoms with Crippen molar-refractivity contribution in [2.45, 2.75) is 11.4 Å². The van der Waals surface area contributed by atoms with Crippen LogP contribution in [0.3, 0.4) is 0 Å². The minimum atomic E-state index is -0.123. The average Bonchev–Trinajstić information content (AvgIpc) is 3.14. The monoisotopic (exact) mass is 402 g/mol. The zero-order valence-electron chi connectivity index (χ0n) is 15.9. The molecule has 3 rings (SSSR count). The number of ether oxygens (including phenoxy) is 2. The summed E-state index contributed by atoms with van der Waals surface area (Å²) in [5.74, 6) is 1.17. The summed E-state index contributed by atoms with van der Waals surface area (Å²) in [6.45, 7) is 1.04. The lowest BCUT2D eigenvalue weighted by Crippen LogP contribution is -3.11. The van der Waals surface area contributed by atoms with E-state index in [1.54, 1.807) is 11.8 Å². The number of carbonyl (C=O) groups is 2. The first-order chi connectivity index (χ1) is 13.5. The molecule has 1 unspecified atom stereocenters. The van der Waals surface area contributed by atoms with Gasteiger partial charge in [-0.1, -0.05) is 18.2 Å². The Kier molecular flexibility index (Phi) is 6.78. The van der Waals surface area contributed by atoms with Crippen molar-refractivity contribution in [3.63, 3.8) is 0 Å². The van der Waals surface area contributed by atoms with E-state index >= 15 is 0 Å². The normalized spacial score (nSPS) is 13.1. The Bertz CT molecular complexity index is 859. The standard InChI is InChI=1S/C20H23N3O4S/c1-23(12-20(25)22-15-5-3-4-6-18(15)28-2)11-19(24)21-10-14-7-8-16-17(9-14)27-13-26-16/h3-9H,10-13H2,1-2H3,(H,21,24)(H,22,25)/p+1. The molecule has 0 bridgehead atoms. The minimum absolute atomic E-state index is 0.118. The summed E-state index contributed by atoms with van der Waals surface area (Å²) in [4.78, 5) is 26.3. The van der Waals surface area contributed by atoms with Crippen LogP contribution in [-0.2, 0) is 16.1 Å². The molecule has 28 heavy (non-hydrogen) atoms. The van der Waals surface area contributed by atoms with E-state index in [9.17, 15) is 9.59 Å². The second-order valence-electron chi connectivity index (χ2n) is 6.52. The van der Waals surface area contributed by atoms with Gasteiger partial charge in [-0.2, -0.15) is 0 Å². The fraction of sp³-hybridized carbons (Fsp3) is 0.300. The predicted octanol–water partition coefficient (Wildman–Crippen LogP) is 0.907. The van der Waals surface area contributed by atoms with E-state index in [4.69, 9.17) is 9.47 Å². The third-order valence-electron chi connectivity index (χ3n) is 4.23. The number of carbonyl (C=O) groups excluding carboxylic acids is 2. The first-order valence-electron chi connectivity index (χ1n) is 8.94. The minimum Gasteiger partial charge on any atom is -0.454 e. The number of para-hydroxylation sites is 1. The van der Waals surface area contributed by atoms with Gasteiger partial charge in [-0.05, 0) is 36.1 Å². The molecule has 8 heteroatoms. The van der Waals surface area contributed by atoms with E-state index in [0.717, 1.165) is 21.0 Å².